The molecule has 0 saturated carbocycles. The summed E-state index contributed by atoms with van der Waals surface area (Å²) in [5.41, 5.74) is 5.39. The number of rotatable bonds is 5. The summed E-state index contributed by atoms with van der Waals surface area (Å²) in [6, 6.07) is 1.36. The maximum Gasteiger partial charge on any atom is 0.249 e. The highest BCUT2D eigenvalue weighted by molar-refractivity contribution is 7.12. The largest absolute Gasteiger partial charge is 0.394 e. The topological polar surface area (TPSA) is 183 Å². The molecule has 0 aromatic carbocycles. The van der Waals surface area contributed by atoms with E-state index in [4.69, 9.17) is 15.2 Å². The Kier molecular flexibility index (Phi) is 5.63. The lowest BCUT2D eigenvalue weighted by Gasteiger charge is -2.15. The van der Waals surface area contributed by atoms with Crippen molar-refractivity contribution in [2.45, 2.75) is 48.8 Å². The van der Waals surface area contributed by atoms with Crippen LogP contribution in [0.1, 0.15) is 32.3 Å². The minimum absolute atomic E-state index is 0.0116. The molecule has 146 valence electrons. The summed E-state index contributed by atoms with van der Waals surface area (Å²) in [6.07, 6.45) is -9.46. The van der Waals surface area contributed by atoms with E-state index in [-0.39, 0.29) is 10.4 Å². The van der Waals surface area contributed by atoms with Gasteiger partial charge in [0.05, 0.1) is 18.8 Å². The molecule has 3 rings (SSSR count). The molecule has 8 N–H and O–H groups in total. The minimum Gasteiger partial charge on any atom is -0.394 e. The molecule has 1 aromatic heterocycles. The van der Waals surface area contributed by atoms with Gasteiger partial charge in [0.25, 0.3) is 0 Å². The zero-order valence-electron chi connectivity index (χ0n) is 13.5. The molecule has 2 aliphatic rings. The van der Waals surface area contributed by atoms with Crippen molar-refractivity contribution < 1.29 is 44.9 Å². The number of hydrogen-bond donors (Lipinski definition) is 7. The van der Waals surface area contributed by atoms with Crippen LogP contribution in [0.25, 0.3) is 0 Å². The number of ether oxygens (including phenoxy) is 2. The van der Waals surface area contributed by atoms with Crippen LogP contribution in [-0.4, -0.2) is 86.4 Å². The van der Waals surface area contributed by atoms with Gasteiger partial charge in [-0.25, -0.2) is 0 Å². The predicted octanol–water partition coefficient (Wildman–Crippen LogP) is -2.84. The summed E-state index contributed by atoms with van der Waals surface area (Å²) < 4.78 is 10.9. The Morgan fingerprint density at radius 1 is 0.962 bits per heavy atom. The van der Waals surface area contributed by atoms with E-state index in [1.165, 1.54) is 6.07 Å². The first kappa shape index (κ1) is 19.6. The average Bonchev–Trinajstić information content (AvgIpc) is 3.25. The van der Waals surface area contributed by atoms with Crippen LogP contribution in [-0.2, 0) is 9.47 Å². The molecule has 3 heterocycles. The average molecular weight is 391 g/mol. The lowest BCUT2D eigenvalue weighted by Crippen LogP contribution is -2.32. The fourth-order valence-electron chi connectivity index (χ4n) is 3.22. The van der Waals surface area contributed by atoms with E-state index in [9.17, 15) is 35.4 Å². The summed E-state index contributed by atoms with van der Waals surface area (Å²) in [6.45, 7) is -1.02. The summed E-state index contributed by atoms with van der Waals surface area (Å²) in [4.78, 5) is 12.4. The van der Waals surface area contributed by atoms with Crippen LogP contribution in [0.5, 0.6) is 0 Å². The van der Waals surface area contributed by atoms with E-state index in [0.29, 0.717) is 4.88 Å². The monoisotopic (exact) mass is 391 g/mol. The van der Waals surface area contributed by atoms with Crippen LogP contribution in [0.4, 0.5) is 0 Å². The van der Waals surface area contributed by atoms with Gasteiger partial charge in [0, 0.05) is 9.75 Å². The van der Waals surface area contributed by atoms with Crippen molar-refractivity contribution in [1.29, 1.82) is 0 Å². The van der Waals surface area contributed by atoms with Crippen LogP contribution in [0.3, 0.4) is 0 Å². The number of hydrogen-bond acceptors (Lipinski definition) is 10. The smallest absolute Gasteiger partial charge is 0.249 e. The Bertz CT molecular complexity index is 668. The molecule has 0 spiro atoms. The molecule has 11 heteroatoms. The molecule has 0 bridgehead atoms. The number of primary amides is 1. The van der Waals surface area contributed by atoms with E-state index in [1.807, 2.05) is 0 Å². The minimum atomic E-state index is -1.39. The Labute approximate surface area is 152 Å². The van der Waals surface area contributed by atoms with Crippen LogP contribution < -0.4 is 5.73 Å². The molecule has 0 unspecified atom stereocenters. The van der Waals surface area contributed by atoms with Crippen LogP contribution >= 0.6 is 11.3 Å². The van der Waals surface area contributed by atoms with Gasteiger partial charge >= 0.3 is 0 Å². The molecule has 2 fully saturated rings. The quantitative estimate of drug-likeness (QED) is 0.278. The summed E-state index contributed by atoms with van der Waals surface area (Å²) in [5, 5.41) is 58.5. The third-order valence-corrected chi connectivity index (χ3v) is 5.93. The van der Waals surface area contributed by atoms with Crippen molar-refractivity contribution in [3.05, 3.63) is 21.4 Å². The molecule has 1 amide bonds. The highest BCUT2D eigenvalue weighted by Crippen LogP contribution is 2.44. The molecular formula is C15H21NO9S. The van der Waals surface area contributed by atoms with Crippen LogP contribution in [0, 0.1) is 0 Å². The Morgan fingerprint density at radius 3 is 1.92 bits per heavy atom. The predicted molar refractivity (Wildman–Crippen MR) is 86.3 cm³/mol. The lowest BCUT2D eigenvalue weighted by molar-refractivity contribution is -0.0222. The second-order valence-corrected chi connectivity index (χ2v) is 7.42. The van der Waals surface area contributed by atoms with E-state index >= 15 is 0 Å². The van der Waals surface area contributed by atoms with Crippen molar-refractivity contribution in [2.75, 3.05) is 13.2 Å². The van der Waals surface area contributed by atoms with Gasteiger partial charge in [0.2, 0.25) is 5.91 Å². The Hall–Kier alpha value is -1.15. The van der Waals surface area contributed by atoms with Gasteiger partial charge in [-0.1, -0.05) is 0 Å². The highest BCUT2D eigenvalue weighted by atomic mass is 32.1. The summed E-state index contributed by atoms with van der Waals surface area (Å²) >= 11 is 0.963. The summed E-state index contributed by atoms with van der Waals surface area (Å²) in [5.74, 6) is -0.813. The van der Waals surface area contributed by atoms with Crippen molar-refractivity contribution in [3.8, 4) is 0 Å². The number of amides is 1. The highest BCUT2D eigenvalue weighted by Gasteiger charge is 2.47. The molecule has 0 aliphatic carbocycles. The third kappa shape index (κ3) is 3.15. The standard InChI is InChI=1S/C15H21NO9S/c16-15(23)4-1-7(12-10(21)8(19)5(2-17)24-12)26-14(4)13-11(22)9(20)6(3-18)25-13/h1,5-6,8-13,17-22H,2-3H2,(H2,16,23)/t5-,6+,8-,9+,10-,11+,12+,13+/m1/s1. The molecular weight excluding hydrogens is 370 g/mol. The first-order chi connectivity index (χ1) is 12.3. The van der Waals surface area contributed by atoms with Gasteiger partial charge in [0.1, 0.15) is 48.8 Å². The van der Waals surface area contributed by atoms with E-state index in [1.54, 1.807) is 0 Å². The van der Waals surface area contributed by atoms with Crippen molar-refractivity contribution >= 4 is 17.2 Å². The molecule has 2 aliphatic heterocycles. The maximum absolute atomic E-state index is 11.8. The number of carbonyl (C=O) groups is 1. The molecule has 2 saturated heterocycles. The van der Waals surface area contributed by atoms with E-state index < -0.39 is 68.0 Å². The number of thiophene rings is 1. The zero-order valence-corrected chi connectivity index (χ0v) is 14.3. The first-order valence-corrected chi connectivity index (χ1v) is 8.80. The van der Waals surface area contributed by atoms with Crippen molar-refractivity contribution in [3.63, 3.8) is 0 Å². The summed E-state index contributed by atoms with van der Waals surface area (Å²) in [7, 11) is 0. The normalized spacial score (nSPS) is 40.2. The second kappa shape index (κ2) is 7.46. The van der Waals surface area contributed by atoms with E-state index in [2.05, 4.69) is 0 Å². The number of aliphatic hydroxyl groups excluding tert-OH is 6. The SMILES string of the molecule is NC(=O)c1cc([C@@H]2O[C@H](CO)[C@@H](O)[C@H]2O)sc1[C@H]1O[C@@H](CO)[C@H](O)[C@@H]1O. The third-order valence-electron chi connectivity index (χ3n) is 4.67. The van der Waals surface area contributed by atoms with E-state index in [0.717, 1.165) is 11.3 Å². The van der Waals surface area contributed by atoms with Crippen LogP contribution in [0.2, 0.25) is 0 Å². The van der Waals surface area contributed by atoms with Gasteiger partial charge in [-0.15, -0.1) is 11.3 Å². The van der Waals surface area contributed by atoms with Gasteiger partial charge in [-0.3, -0.25) is 4.79 Å². The molecule has 26 heavy (non-hydrogen) atoms. The fraction of sp³-hybridized carbons (Fsp3) is 0.667. The van der Waals surface area contributed by atoms with Crippen LogP contribution in [0.15, 0.2) is 6.07 Å². The van der Waals surface area contributed by atoms with Crippen molar-refractivity contribution in [1.82, 2.24) is 0 Å². The lowest BCUT2D eigenvalue weighted by atomic mass is 10.0. The van der Waals surface area contributed by atoms with Gasteiger partial charge in [-0.2, -0.15) is 0 Å². The second-order valence-electron chi connectivity index (χ2n) is 6.31. The molecule has 1 aromatic rings. The fourth-order valence-corrected chi connectivity index (χ4v) is 4.54. The molecule has 8 atom stereocenters. The number of nitrogens with two attached hydrogens (primary N) is 1. The zero-order chi connectivity index (χ0) is 19.2. The number of aliphatic hydroxyl groups is 6. The van der Waals surface area contributed by atoms with Gasteiger partial charge < -0.3 is 45.8 Å². The maximum atomic E-state index is 11.8. The molecule has 0 radical (unpaired) electrons. The van der Waals surface area contributed by atoms with Gasteiger partial charge in [0.15, 0.2) is 0 Å². The van der Waals surface area contributed by atoms with Gasteiger partial charge in [-0.05, 0) is 6.07 Å². The Morgan fingerprint density at radius 2 is 1.46 bits per heavy atom. The van der Waals surface area contributed by atoms with Crippen molar-refractivity contribution in [2.24, 2.45) is 5.73 Å². The molecule has 10 nitrogen and oxygen atoms in total. The first-order valence-electron chi connectivity index (χ1n) is 7.98. The number of carbonyl (C=O) groups excluding carboxylic acids is 1. The Balaban J connectivity index is 1.94.